The highest BCUT2D eigenvalue weighted by molar-refractivity contribution is 8.54. The number of esters is 1. The Morgan fingerprint density at radius 3 is 2.35 bits per heavy atom. The number of aromatic nitrogens is 6. The number of hydrogen-bond donors (Lipinski definition) is 4. The maximum absolute atomic E-state index is 16.4. The van der Waals surface area contributed by atoms with E-state index in [2.05, 4.69) is 15.0 Å². The van der Waals surface area contributed by atoms with E-state index < -0.39 is 94.3 Å². The second-order valence-corrected chi connectivity index (χ2v) is 19.0. The number of nitrogens with two attached hydrogens (primary N) is 1. The van der Waals surface area contributed by atoms with E-state index in [0.29, 0.717) is 22.5 Å². The van der Waals surface area contributed by atoms with Crippen LogP contribution in [0.15, 0.2) is 77.0 Å². The fraction of sp³-hybridized carbons (Fsp3) is 0.353. The maximum atomic E-state index is 16.4. The number of aromatic amines is 1. The maximum Gasteiger partial charge on any atom is 0.472 e. The van der Waals surface area contributed by atoms with Gasteiger partial charge in [0, 0.05) is 18.0 Å². The largest absolute Gasteiger partial charge is 0.508 e. The number of imidazole rings is 1. The van der Waals surface area contributed by atoms with Gasteiger partial charge in [0.15, 0.2) is 36.3 Å². The van der Waals surface area contributed by atoms with Crippen LogP contribution in [-0.4, -0.2) is 95.0 Å². The lowest BCUT2D eigenvalue weighted by Crippen LogP contribution is -2.38. The molecule has 10 atom stereocenters. The Morgan fingerprint density at radius 1 is 0.967 bits per heavy atom. The summed E-state index contributed by atoms with van der Waals surface area (Å²) in [6, 6.07) is 11.1. The van der Waals surface area contributed by atoms with E-state index in [-0.39, 0.29) is 39.8 Å². The van der Waals surface area contributed by atoms with Crippen LogP contribution in [0.25, 0.3) is 11.2 Å². The zero-order chi connectivity index (χ0) is 42.5. The van der Waals surface area contributed by atoms with E-state index in [0.717, 1.165) is 29.5 Å². The minimum atomic E-state index is -5.28. The third-order valence-electron chi connectivity index (χ3n) is 9.57. The van der Waals surface area contributed by atoms with Gasteiger partial charge in [-0.25, -0.2) is 42.5 Å². The van der Waals surface area contributed by atoms with Crippen LogP contribution in [0.4, 0.5) is 14.6 Å². The quantitative estimate of drug-likeness (QED) is 0.103. The number of benzene rings is 2. The summed E-state index contributed by atoms with van der Waals surface area (Å²) in [5.41, 5.74) is 5.37. The Morgan fingerprint density at radius 2 is 1.65 bits per heavy atom. The van der Waals surface area contributed by atoms with Crippen molar-refractivity contribution in [3.8, 4) is 11.5 Å². The van der Waals surface area contributed by atoms with Gasteiger partial charge in [0.1, 0.15) is 47.8 Å². The standard InChI is InChI=1S/C34H33F2N7O14P2S/c1-16-10-18(44)4-7-20(16)33(46)53-19-5-2-17(3-6-19)13-60-59(50)52-12-22-24(35)27(32(55-22)43-15-40-26-29(37)38-14-39-30(26)43)56-58(48,49)51-11-21-25(36)28(57-59)31(54-21)42-9-8-23(45)41-34(42)47/h2-10,14-15,21-22,24-25,27-28,31-32,44H,11-13H2,1H3,(H,48,49)(H2,37,38,39)(H,41,45,47)/t21-,22-,24-,25-,27-,28-,31-,32-,59-/m1/s1. The van der Waals surface area contributed by atoms with Gasteiger partial charge in [0.2, 0.25) is 0 Å². The summed E-state index contributed by atoms with van der Waals surface area (Å²) in [5.74, 6) is -0.745. The smallest absolute Gasteiger partial charge is 0.472 e. The summed E-state index contributed by atoms with van der Waals surface area (Å²) >= 11 is 0.547. The third-order valence-corrected chi connectivity index (χ3v) is 14.2. The lowest BCUT2D eigenvalue weighted by molar-refractivity contribution is -0.0648. The predicted molar refractivity (Wildman–Crippen MR) is 203 cm³/mol. The van der Waals surface area contributed by atoms with Crippen LogP contribution in [0.1, 0.15) is 33.9 Å². The molecule has 3 aliphatic rings. The minimum absolute atomic E-state index is 0.0203. The van der Waals surface area contributed by atoms with Gasteiger partial charge in [-0.3, -0.25) is 37.0 Å². The highest BCUT2D eigenvalue weighted by Gasteiger charge is 2.55. The number of anilines is 1. The molecule has 3 fully saturated rings. The normalized spacial score (nSPS) is 30.9. The van der Waals surface area contributed by atoms with Crippen molar-refractivity contribution in [3.63, 3.8) is 0 Å². The van der Waals surface area contributed by atoms with Gasteiger partial charge < -0.3 is 29.9 Å². The number of nitrogen functional groups attached to an aromatic ring is 1. The first-order valence-corrected chi connectivity index (χ1v) is 22.4. The Balaban J connectivity index is 1.09. The van der Waals surface area contributed by atoms with Crippen molar-refractivity contribution >= 4 is 49.0 Å². The zero-order valence-corrected chi connectivity index (χ0v) is 33.4. The molecule has 0 spiro atoms. The molecule has 5 N–H and O–H groups in total. The van der Waals surface area contributed by atoms with Gasteiger partial charge in [0.25, 0.3) is 5.56 Å². The first-order valence-electron chi connectivity index (χ1n) is 17.8. The topological polar surface area (TPSA) is 281 Å². The summed E-state index contributed by atoms with van der Waals surface area (Å²) in [6.07, 6.45) is -12.0. The summed E-state index contributed by atoms with van der Waals surface area (Å²) in [4.78, 5) is 62.3. The first kappa shape index (κ1) is 41.8. The van der Waals surface area contributed by atoms with Crippen LogP contribution in [0.5, 0.6) is 11.5 Å². The number of phenols is 1. The SMILES string of the molecule is Cc1cc(O)ccc1C(=O)Oc1ccc(CS[P@]2(=O)OC[C@H]3O[C@@H](n4cnc5c(N)ncnc54)[C@H](OP(=O)(O)OC[C@H]4O[C@@H](n5ccc(=O)[nH]c5=O)[C@H](O2)[C@@H]4F)[C@@H]3F)cc1. The fourth-order valence-electron chi connectivity index (χ4n) is 6.63. The van der Waals surface area contributed by atoms with Crippen molar-refractivity contribution in [1.29, 1.82) is 0 Å². The number of phenolic OH excluding ortho intramolecular Hbond substituents is 1. The van der Waals surface area contributed by atoms with Gasteiger partial charge in [-0.2, -0.15) is 0 Å². The van der Waals surface area contributed by atoms with Crippen LogP contribution >= 0.6 is 26.0 Å². The summed E-state index contributed by atoms with van der Waals surface area (Å²) in [6.45, 7) is -4.97. The van der Waals surface area contributed by atoms with Crippen molar-refractivity contribution in [2.45, 2.75) is 61.9 Å². The Labute approximate surface area is 339 Å². The molecule has 26 heteroatoms. The lowest BCUT2D eigenvalue weighted by atomic mass is 10.1. The van der Waals surface area contributed by atoms with Crippen molar-refractivity contribution in [3.05, 3.63) is 105 Å². The number of aromatic hydroxyl groups is 1. The minimum Gasteiger partial charge on any atom is -0.508 e. The number of rotatable bonds is 7. The van der Waals surface area contributed by atoms with Crippen LogP contribution < -0.4 is 21.7 Å². The van der Waals surface area contributed by atoms with Gasteiger partial charge >= 0.3 is 26.3 Å². The second kappa shape index (κ2) is 16.5. The molecule has 0 aliphatic carbocycles. The van der Waals surface area contributed by atoms with Crippen LogP contribution in [0, 0.1) is 6.92 Å². The van der Waals surface area contributed by atoms with Crippen LogP contribution in [0.2, 0.25) is 0 Å². The van der Waals surface area contributed by atoms with Crippen molar-refractivity contribution in [2.24, 2.45) is 0 Å². The number of carbonyl (C=O) groups is 1. The molecule has 6 heterocycles. The molecule has 0 amide bonds. The number of halogens is 2. The molecular weight excluding hydrogens is 862 g/mol. The number of nitrogens with zero attached hydrogens (tertiary/aromatic N) is 5. The van der Waals surface area contributed by atoms with Gasteiger partial charge in [0.05, 0.1) is 25.1 Å². The molecular formula is C34H33F2N7O14P2S. The number of fused-ring (bicyclic) bond motifs is 5. The highest BCUT2D eigenvalue weighted by Crippen LogP contribution is 2.65. The first-order chi connectivity index (χ1) is 28.6. The van der Waals surface area contributed by atoms with Gasteiger partial charge in [-0.05, 0) is 59.8 Å². The van der Waals surface area contributed by atoms with E-state index >= 15 is 8.78 Å². The number of H-pyrrole nitrogens is 1. The van der Waals surface area contributed by atoms with Crippen molar-refractivity contribution < 1.29 is 65.0 Å². The Hall–Kier alpha value is -4.87. The fourth-order valence-corrected chi connectivity index (χ4v) is 10.9. The molecule has 3 aromatic heterocycles. The summed E-state index contributed by atoms with van der Waals surface area (Å²) < 4.78 is 102. The predicted octanol–water partition coefficient (Wildman–Crippen LogP) is 3.62. The third kappa shape index (κ3) is 8.53. The van der Waals surface area contributed by atoms with Gasteiger partial charge in [-0.15, -0.1) is 0 Å². The molecule has 5 aromatic rings. The van der Waals surface area contributed by atoms with E-state index in [1.165, 1.54) is 47.0 Å². The number of nitrogens with one attached hydrogen (secondary N) is 1. The highest BCUT2D eigenvalue weighted by atomic mass is 32.7. The van der Waals surface area contributed by atoms with E-state index in [9.17, 15) is 33.5 Å². The number of phosphoric ester groups is 1. The summed E-state index contributed by atoms with van der Waals surface area (Å²) in [5, 5.41) is 9.67. The van der Waals surface area contributed by atoms with Crippen LogP contribution in [0.3, 0.4) is 0 Å². The van der Waals surface area contributed by atoms with Crippen LogP contribution in [-0.2, 0) is 42.5 Å². The molecule has 1 unspecified atom stereocenters. The number of ether oxygens (including phenoxy) is 3. The zero-order valence-electron chi connectivity index (χ0n) is 30.8. The molecule has 21 nitrogen and oxygen atoms in total. The Kier molecular flexibility index (Phi) is 11.5. The molecule has 318 valence electrons. The molecule has 3 saturated heterocycles. The molecule has 3 aliphatic heterocycles. The number of hydrogen-bond acceptors (Lipinski definition) is 18. The lowest BCUT2D eigenvalue weighted by Gasteiger charge is -2.27. The van der Waals surface area contributed by atoms with E-state index in [1.54, 1.807) is 6.92 Å². The summed E-state index contributed by atoms with van der Waals surface area (Å²) in [7, 11) is -5.28. The molecule has 4 bridgehead atoms. The monoisotopic (exact) mass is 895 g/mol. The van der Waals surface area contributed by atoms with E-state index in [1.807, 2.05) is 4.98 Å². The van der Waals surface area contributed by atoms with Crippen molar-refractivity contribution in [1.82, 2.24) is 29.1 Å². The number of phosphoric acid groups is 1. The second-order valence-electron chi connectivity index (χ2n) is 13.6. The van der Waals surface area contributed by atoms with Crippen molar-refractivity contribution in [2.75, 3.05) is 18.9 Å². The molecule has 8 rings (SSSR count). The number of alkyl halides is 2. The average Bonchev–Trinajstić information content (AvgIpc) is 3.86. The average molecular weight is 896 g/mol. The molecule has 0 saturated carbocycles. The molecule has 60 heavy (non-hydrogen) atoms. The molecule has 2 aromatic carbocycles. The van der Waals surface area contributed by atoms with E-state index in [4.69, 9.17) is 38.0 Å². The Bertz CT molecular complexity index is 2660. The number of aryl methyl sites for hydroxylation is 1. The molecule has 0 radical (unpaired) electrons. The number of carbonyl (C=O) groups excluding carboxylic acids is 1. The van der Waals surface area contributed by atoms with Gasteiger partial charge in [-0.1, -0.05) is 12.1 Å².